The molecule has 128 valence electrons. The van der Waals surface area contributed by atoms with Gasteiger partial charge < -0.3 is 10.1 Å². The molecule has 1 heterocycles. The largest absolute Gasteiger partial charge is 0.496 e. The predicted molar refractivity (Wildman–Crippen MR) is 97.9 cm³/mol. The molecule has 1 N–H and O–H groups in total. The van der Waals surface area contributed by atoms with Crippen molar-refractivity contribution in [3.63, 3.8) is 0 Å². The third-order valence-electron chi connectivity index (χ3n) is 4.25. The number of fused-ring (bicyclic) bond motifs is 1. The summed E-state index contributed by atoms with van der Waals surface area (Å²) in [5.74, 6) is 0.712. The molecule has 0 aliphatic rings. The Labute approximate surface area is 147 Å². The van der Waals surface area contributed by atoms with Crippen molar-refractivity contribution in [2.75, 3.05) is 7.11 Å². The molecule has 0 radical (unpaired) electrons. The molecule has 3 rings (SSSR count). The summed E-state index contributed by atoms with van der Waals surface area (Å²) in [5.41, 5.74) is 5.95. The van der Waals surface area contributed by atoms with Crippen molar-refractivity contribution in [3.05, 3.63) is 64.5 Å². The van der Waals surface area contributed by atoms with E-state index in [9.17, 15) is 4.79 Å². The maximum absolute atomic E-state index is 12.4. The maximum Gasteiger partial charge on any atom is 0.251 e. The number of carbonyl (C=O) groups is 1. The van der Waals surface area contributed by atoms with Crippen LogP contribution in [0.5, 0.6) is 5.75 Å². The number of ether oxygens (including phenoxy) is 1. The van der Waals surface area contributed by atoms with Crippen molar-refractivity contribution in [2.24, 2.45) is 0 Å². The summed E-state index contributed by atoms with van der Waals surface area (Å²) in [6.07, 6.45) is 0. The summed E-state index contributed by atoms with van der Waals surface area (Å²) in [6.45, 7) is 6.29. The molecular formula is C20H21N3O2. The molecule has 0 aliphatic heterocycles. The molecule has 0 saturated carbocycles. The van der Waals surface area contributed by atoms with Crippen LogP contribution in [0.25, 0.3) is 11.0 Å². The van der Waals surface area contributed by atoms with Gasteiger partial charge in [0.05, 0.1) is 29.5 Å². The lowest BCUT2D eigenvalue weighted by Gasteiger charge is -2.09. The molecule has 0 fully saturated rings. The summed E-state index contributed by atoms with van der Waals surface area (Å²) in [4.78, 5) is 21.4. The molecule has 0 unspecified atom stereocenters. The fraction of sp³-hybridized carbons (Fsp3) is 0.250. The Balaban J connectivity index is 1.76. The molecule has 5 nitrogen and oxygen atoms in total. The average molecular weight is 335 g/mol. The number of aryl methyl sites for hydroxylation is 3. The van der Waals surface area contributed by atoms with Crippen LogP contribution in [0.3, 0.4) is 0 Å². The van der Waals surface area contributed by atoms with Gasteiger partial charge in [0.25, 0.3) is 5.91 Å². The first-order valence-corrected chi connectivity index (χ1v) is 8.14. The molecule has 25 heavy (non-hydrogen) atoms. The van der Waals surface area contributed by atoms with Crippen LogP contribution >= 0.6 is 0 Å². The van der Waals surface area contributed by atoms with Crippen LogP contribution in [0.4, 0.5) is 0 Å². The van der Waals surface area contributed by atoms with E-state index in [1.807, 2.05) is 45.0 Å². The smallest absolute Gasteiger partial charge is 0.251 e. The van der Waals surface area contributed by atoms with Gasteiger partial charge in [0, 0.05) is 12.1 Å². The molecule has 0 spiro atoms. The van der Waals surface area contributed by atoms with Crippen LogP contribution in [0.15, 0.2) is 36.4 Å². The fourth-order valence-corrected chi connectivity index (χ4v) is 2.71. The number of nitrogens with one attached hydrogen (secondary N) is 1. The van der Waals surface area contributed by atoms with E-state index in [0.717, 1.165) is 39.3 Å². The minimum atomic E-state index is -0.129. The van der Waals surface area contributed by atoms with Crippen molar-refractivity contribution < 1.29 is 9.53 Å². The second-order valence-corrected chi connectivity index (χ2v) is 6.08. The summed E-state index contributed by atoms with van der Waals surface area (Å²) < 4.78 is 5.25. The molecule has 2 aromatic carbocycles. The normalized spacial score (nSPS) is 10.7. The van der Waals surface area contributed by atoms with Crippen LogP contribution < -0.4 is 10.1 Å². The van der Waals surface area contributed by atoms with E-state index in [0.29, 0.717) is 12.1 Å². The van der Waals surface area contributed by atoms with E-state index in [1.165, 1.54) is 0 Å². The van der Waals surface area contributed by atoms with Crippen molar-refractivity contribution in [3.8, 4) is 5.75 Å². The van der Waals surface area contributed by atoms with Crippen molar-refractivity contribution >= 4 is 16.9 Å². The number of benzene rings is 2. The van der Waals surface area contributed by atoms with Crippen LogP contribution in [-0.2, 0) is 6.54 Å². The Bertz CT molecular complexity index is 951. The summed E-state index contributed by atoms with van der Waals surface area (Å²) in [6, 6.07) is 11.3. The molecule has 3 aromatic rings. The van der Waals surface area contributed by atoms with Crippen LogP contribution in [0, 0.1) is 20.8 Å². The standard InChI is InChI=1S/C20H21N3O2/c1-12-9-15(5-8-19(12)25-4)11-21-20(24)16-6-7-17-18(10-16)23-14(3)13(2)22-17/h5-10H,11H2,1-4H3,(H,21,24). The first-order valence-electron chi connectivity index (χ1n) is 8.14. The van der Waals surface area contributed by atoms with Gasteiger partial charge >= 0.3 is 0 Å². The fourth-order valence-electron chi connectivity index (χ4n) is 2.71. The van der Waals surface area contributed by atoms with Crippen LogP contribution in [0.1, 0.15) is 32.9 Å². The number of hydrogen-bond donors (Lipinski definition) is 1. The van der Waals surface area contributed by atoms with Gasteiger partial charge in [0.2, 0.25) is 0 Å². The van der Waals surface area contributed by atoms with Gasteiger partial charge in [-0.1, -0.05) is 12.1 Å². The first kappa shape index (κ1) is 16.9. The van der Waals surface area contributed by atoms with Crippen molar-refractivity contribution in [1.29, 1.82) is 0 Å². The molecule has 1 amide bonds. The summed E-state index contributed by atoms with van der Waals surface area (Å²) in [7, 11) is 1.65. The molecule has 0 atom stereocenters. The van der Waals surface area contributed by atoms with Crippen molar-refractivity contribution in [1.82, 2.24) is 15.3 Å². The molecular weight excluding hydrogens is 314 g/mol. The Kier molecular flexibility index (Phi) is 4.65. The number of amides is 1. The number of hydrogen-bond acceptors (Lipinski definition) is 4. The lowest BCUT2D eigenvalue weighted by atomic mass is 10.1. The number of rotatable bonds is 4. The van der Waals surface area contributed by atoms with E-state index in [-0.39, 0.29) is 5.91 Å². The molecule has 0 aliphatic carbocycles. The van der Waals surface area contributed by atoms with Gasteiger partial charge in [-0.15, -0.1) is 0 Å². The Morgan fingerprint density at radius 2 is 1.72 bits per heavy atom. The Morgan fingerprint density at radius 1 is 1.00 bits per heavy atom. The molecule has 0 bridgehead atoms. The van der Waals surface area contributed by atoms with Gasteiger partial charge in [0.1, 0.15) is 5.75 Å². The highest BCUT2D eigenvalue weighted by atomic mass is 16.5. The molecule has 1 aromatic heterocycles. The zero-order chi connectivity index (χ0) is 18.0. The SMILES string of the molecule is COc1ccc(CNC(=O)c2ccc3nc(C)c(C)nc3c2)cc1C. The monoisotopic (exact) mass is 335 g/mol. The summed E-state index contributed by atoms with van der Waals surface area (Å²) in [5, 5.41) is 2.94. The third kappa shape index (κ3) is 3.60. The Morgan fingerprint density at radius 3 is 2.40 bits per heavy atom. The van der Waals surface area contributed by atoms with E-state index < -0.39 is 0 Å². The maximum atomic E-state index is 12.4. The third-order valence-corrected chi connectivity index (χ3v) is 4.25. The second kappa shape index (κ2) is 6.89. The molecule has 5 heteroatoms. The van der Waals surface area contributed by atoms with Crippen LogP contribution in [0.2, 0.25) is 0 Å². The van der Waals surface area contributed by atoms with Crippen LogP contribution in [-0.4, -0.2) is 23.0 Å². The number of carbonyl (C=O) groups excluding carboxylic acids is 1. The van der Waals surface area contributed by atoms with Gasteiger partial charge in [-0.2, -0.15) is 0 Å². The quantitative estimate of drug-likeness (QED) is 0.793. The topological polar surface area (TPSA) is 64.1 Å². The van der Waals surface area contributed by atoms with Gasteiger partial charge in [-0.25, -0.2) is 9.97 Å². The average Bonchev–Trinajstić information content (AvgIpc) is 2.60. The second-order valence-electron chi connectivity index (χ2n) is 6.08. The summed E-state index contributed by atoms with van der Waals surface area (Å²) >= 11 is 0. The van der Waals surface area contributed by atoms with Gasteiger partial charge in [-0.05, 0) is 56.2 Å². The minimum absolute atomic E-state index is 0.129. The zero-order valence-corrected chi connectivity index (χ0v) is 14.9. The highest BCUT2D eigenvalue weighted by molar-refractivity contribution is 5.97. The molecule has 0 saturated heterocycles. The highest BCUT2D eigenvalue weighted by Gasteiger charge is 2.09. The van der Waals surface area contributed by atoms with Gasteiger partial charge in [0.15, 0.2) is 0 Å². The highest BCUT2D eigenvalue weighted by Crippen LogP contribution is 2.19. The van der Waals surface area contributed by atoms with E-state index in [1.54, 1.807) is 19.2 Å². The first-order chi connectivity index (χ1) is 12.0. The van der Waals surface area contributed by atoms with E-state index in [2.05, 4.69) is 15.3 Å². The van der Waals surface area contributed by atoms with E-state index >= 15 is 0 Å². The Hall–Kier alpha value is -2.95. The minimum Gasteiger partial charge on any atom is -0.496 e. The zero-order valence-electron chi connectivity index (χ0n) is 14.9. The number of aromatic nitrogens is 2. The van der Waals surface area contributed by atoms with Gasteiger partial charge in [-0.3, -0.25) is 4.79 Å². The number of methoxy groups -OCH3 is 1. The predicted octanol–water partition coefficient (Wildman–Crippen LogP) is 3.49. The lowest BCUT2D eigenvalue weighted by Crippen LogP contribution is -2.22. The van der Waals surface area contributed by atoms with E-state index in [4.69, 9.17) is 4.74 Å². The number of nitrogens with zero attached hydrogens (tertiary/aromatic N) is 2. The van der Waals surface area contributed by atoms with Crippen molar-refractivity contribution in [2.45, 2.75) is 27.3 Å². The lowest BCUT2D eigenvalue weighted by molar-refractivity contribution is 0.0951.